The van der Waals surface area contributed by atoms with Crippen LogP contribution in [0, 0.1) is 29.2 Å². The zero-order valence-corrected chi connectivity index (χ0v) is 21.9. The van der Waals surface area contributed by atoms with Crippen molar-refractivity contribution >= 4 is 11.9 Å². The Bertz CT molecular complexity index is 1440. The highest BCUT2D eigenvalue weighted by Gasteiger charge is 2.30. The van der Waals surface area contributed by atoms with Gasteiger partial charge in [-0.3, -0.25) is 19.7 Å². The number of benzene rings is 2. The Labute approximate surface area is 227 Å². The van der Waals surface area contributed by atoms with E-state index in [-0.39, 0.29) is 23.5 Å². The van der Waals surface area contributed by atoms with Gasteiger partial charge in [-0.05, 0) is 54.3 Å². The Kier molecular flexibility index (Phi) is 9.83. The molecule has 1 amide bonds. The fraction of sp³-hybridized carbons (Fsp3) is 0.321. The third kappa shape index (κ3) is 7.13. The number of nitrogens with zero attached hydrogens (tertiary/aromatic N) is 1. The van der Waals surface area contributed by atoms with Crippen LogP contribution < -0.4 is 16.2 Å². The van der Waals surface area contributed by atoms with Crippen LogP contribution in [0.15, 0.2) is 53.5 Å². The van der Waals surface area contributed by atoms with Crippen molar-refractivity contribution in [2.75, 3.05) is 0 Å². The van der Waals surface area contributed by atoms with E-state index in [4.69, 9.17) is 0 Å². The van der Waals surface area contributed by atoms with Gasteiger partial charge in [-0.15, -0.1) is 0 Å². The van der Waals surface area contributed by atoms with Crippen LogP contribution in [-0.2, 0) is 11.8 Å². The van der Waals surface area contributed by atoms with Crippen LogP contribution in [0.1, 0.15) is 48.7 Å². The fourth-order valence-corrected chi connectivity index (χ4v) is 4.33. The van der Waals surface area contributed by atoms with Crippen molar-refractivity contribution in [1.29, 1.82) is 0 Å². The number of carboxylic acid groups (broad SMARTS) is 1. The molecule has 1 unspecified atom stereocenters. The van der Waals surface area contributed by atoms with E-state index in [1.165, 1.54) is 29.9 Å². The molecule has 3 rings (SSSR count). The van der Waals surface area contributed by atoms with Gasteiger partial charge in [-0.25, -0.2) is 17.6 Å². The maximum atomic E-state index is 15.0. The Morgan fingerprint density at radius 3 is 2.25 bits per heavy atom. The number of amides is 1. The van der Waals surface area contributed by atoms with Gasteiger partial charge < -0.3 is 20.1 Å². The Hall–Kier alpha value is -4.03. The third-order valence-electron chi connectivity index (χ3n) is 6.22. The summed E-state index contributed by atoms with van der Waals surface area (Å²) in [6, 6.07) is 4.51. The van der Waals surface area contributed by atoms with Crippen LogP contribution in [0.25, 0.3) is 11.1 Å². The number of hydrogen-bond acceptors (Lipinski definition) is 5. The lowest BCUT2D eigenvalue weighted by Crippen LogP contribution is -2.52. The number of aliphatic hydroxyl groups is 1. The van der Waals surface area contributed by atoms with Crippen molar-refractivity contribution < 1.29 is 37.4 Å². The summed E-state index contributed by atoms with van der Waals surface area (Å²) in [5, 5.41) is 25.5. The number of carbonyl (C=O) groups excluding carboxylic acids is 1. The number of aryl methyl sites for hydroxylation is 1. The van der Waals surface area contributed by atoms with Gasteiger partial charge in [0.25, 0.3) is 11.5 Å². The molecule has 40 heavy (non-hydrogen) atoms. The first kappa shape index (κ1) is 30.5. The summed E-state index contributed by atoms with van der Waals surface area (Å²) in [7, 11) is 1.45. The predicted octanol–water partition coefficient (Wildman–Crippen LogP) is 3.88. The predicted molar refractivity (Wildman–Crippen MR) is 138 cm³/mol. The number of pyridine rings is 1. The molecule has 0 aliphatic carbocycles. The van der Waals surface area contributed by atoms with Crippen molar-refractivity contribution in [2.24, 2.45) is 13.0 Å². The minimum atomic E-state index is -1.71. The fourth-order valence-electron chi connectivity index (χ4n) is 4.33. The van der Waals surface area contributed by atoms with Gasteiger partial charge >= 0.3 is 5.97 Å². The van der Waals surface area contributed by atoms with Crippen LogP contribution in [0.3, 0.4) is 0 Å². The molecule has 0 aliphatic heterocycles. The van der Waals surface area contributed by atoms with Gasteiger partial charge in [-0.1, -0.05) is 19.9 Å². The standard InChI is InChI=1S/C28H29F4N3O5/c1-14(2)10-22(34-26(38)16-6-5-9-35(3)28(16)40)27(39)33-21(13-23(36)37)17-11-15(12-20(31)25(17)32)24-18(29)7-4-8-19(24)30/h4-9,11-12,14,21-22,27,33,39H,10,13H2,1-3H3,(H,34,38)(H,36,37)/t21-,22-,27?/m0/s1. The van der Waals surface area contributed by atoms with Crippen molar-refractivity contribution in [3.8, 4) is 11.1 Å². The highest BCUT2D eigenvalue weighted by Crippen LogP contribution is 2.32. The van der Waals surface area contributed by atoms with Crippen LogP contribution >= 0.6 is 0 Å². The SMILES string of the molecule is CC(C)C[C@H](NC(=O)c1cccn(C)c1=O)C(O)N[C@@H](CC(=O)O)c1cc(-c2c(F)cccc2F)cc(F)c1F. The number of aliphatic carboxylic acids is 1. The topological polar surface area (TPSA) is 121 Å². The summed E-state index contributed by atoms with van der Waals surface area (Å²) in [5.41, 5.74) is -2.44. The van der Waals surface area contributed by atoms with Gasteiger partial charge in [0.1, 0.15) is 23.4 Å². The molecular formula is C28H29F4N3O5. The summed E-state index contributed by atoms with van der Waals surface area (Å²) in [6.07, 6.45) is -0.978. The van der Waals surface area contributed by atoms with E-state index in [9.17, 15) is 42.2 Å². The molecule has 0 spiro atoms. The first-order valence-corrected chi connectivity index (χ1v) is 12.4. The Morgan fingerprint density at radius 1 is 1.00 bits per heavy atom. The summed E-state index contributed by atoms with van der Waals surface area (Å²) in [5.74, 6) is -7.45. The normalized spacial score (nSPS) is 13.6. The molecule has 2 aromatic carbocycles. The number of aromatic nitrogens is 1. The molecule has 0 fully saturated rings. The molecule has 0 bridgehead atoms. The number of rotatable bonds is 11. The van der Waals surface area contributed by atoms with Crippen molar-refractivity contribution in [3.63, 3.8) is 0 Å². The molecule has 8 nitrogen and oxygen atoms in total. The number of halogens is 4. The summed E-state index contributed by atoms with van der Waals surface area (Å²) in [6.45, 7) is 3.56. The van der Waals surface area contributed by atoms with Gasteiger partial charge in [-0.2, -0.15) is 0 Å². The zero-order valence-electron chi connectivity index (χ0n) is 21.9. The lowest BCUT2D eigenvalue weighted by atomic mass is 9.95. The summed E-state index contributed by atoms with van der Waals surface area (Å²) in [4.78, 5) is 36.9. The molecule has 3 aromatic rings. The minimum Gasteiger partial charge on any atom is -0.481 e. The molecule has 1 heterocycles. The third-order valence-corrected chi connectivity index (χ3v) is 6.22. The van der Waals surface area contributed by atoms with Crippen LogP contribution in [0.5, 0.6) is 0 Å². The quantitative estimate of drug-likeness (QED) is 0.208. The van der Waals surface area contributed by atoms with Crippen molar-refractivity contribution in [2.45, 2.75) is 45.0 Å². The van der Waals surface area contributed by atoms with Crippen molar-refractivity contribution in [1.82, 2.24) is 15.2 Å². The highest BCUT2D eigenvalue weighted by atomic mass is 19.2. The van der Waals surface area contributed by atoms with Crippen LogP contribution in [0.2, 0.25) is 0 Å². The number of carboxylic acids is 1. The second kappa shape index (κ2) is 12.9. The number of aliphatic hydroxyl groups excluding tert-OH is 1. The van der Waals surface area contributed by atoms with E-state index in [0.717, 1.165) is 24.3 Å². The average Bonchev–Trinajstić information content (AvgIpc) is 2.86. The highest BCUT2D eigenvalue weighted by molar-refractivity contribution is 5.94. The molecule has 12 heteroatoms. The van der Waals surface area contributed by atoms with Crippen LogP contribution in [0.4, 0.5) is 17.6 Å². The molecule has 0 radical (unpaired) electrons. The number of hydrogen-bond donors (Lipinski definition) is 4. The molecule has 0 aliphatic rings. The maximum absolute atomic E-state index is 15.0. The molecule has 3 atom stereocenters. The van der Waals surface area contributed by atoms with E-state index in [1.54, 1.807) is 13.8 Å². The maximum Gasteiger partial charge on any atom is 0.305 e. The molecule has 0 saturated heterocycles. The van der Waals surface area contributed by atoms with E-state index in [2.05, 4.69) is 10.6 Å². The molecule has 1 aromatic heterocycles. The van der Waals surface area contributed by atoms with Crippen molar-refractivity contribution in [3.05, 3.63) is 93.4 Å². The Balaban J connectivity index is 1.99. The van der Waals surface area contributed by atoms with E-state index in [0.29, 0.717) is 6.07 Å². The molecule has 0 saturated carbocycles. The second-order valence-corrected chi connectivity index (χ2v) is 9.77. The second-order valence-electron chi connectivity index (χ2n) is 9.77. The lowest BCUT2D eigenvalue weighted by Gasteiger charge is -2.30. The van der Waals surface area contributed by atoms with Gasteiger partial charge in [0, 0.05) is 24.8 Å². The molecular weight excluding hydrogens is 534 g/mol. The largest absolute Gasteiger partial charge is 0.481 e. The van der Waals surface area contributed by atoms with E-state index >= 15 is 0 Å². The summed E-state index contributed by atoms with van der Waals surface area (Å²) < 4.78 is 59.6. The Morgan fingerprint density at radius 2 is 1.65 bits per heavy atom. The average molecular weight is 564 g/mol. The van der Waals surface area contributed by atoms with E-state index < -0.39 is 76.6 Å². The first-order chi connectivity index (χ1) is 18.8. The zero-order chi connectivity index (χ0) is 29.7. The number of nitrogens with one attached hydrogen (secondary N) is 2. The van der Waals surface area contributed by atoms with Gasteiger partial charge in [0.15, 0.2) is 11.6 Å². The lowest BCUT2D eigenvalue weighted by molar-refractivity contribution is -0.137. The first-order valence-electron chi connectivity index (χ1n) is 12.4. The summed E-state index contributed by atoms with van der Waals surface area (Å²) >= 11 is 0. The van der Waals surface area contributed by atoms with E-state index in [1.807, 2.05) is 0 Å². The minimum absolute atomic E-state index is 0.111. The van der Waals surface area contributed by atoms with Gasteiger partial charge in [0.05, 0.1) is 18.0 Å². The van der Waals surface area contributed by atoms with Crippen LogP contribution in [-0.4, -0.2) is 38.9 Å². The molecule has 214 valence electrons. The van der Waals surface area contributed by atoms with Gasteiger partial charge in [0.2, 0.25) is 0 Å². The smallest absolute Gasteiger partial charge is 0.305 e. The molecule has 4 N–H and O–H groups in total. The monoisotopic (exact) mass is 563 g/mol. The number of carbonyl (C=O) groups is 2.